The van der Waals surface area contributed by atoms with Crippen molar-refractivity contribution in [3.05, 3.63) is 17.0 Å². The van der Waals surface area contributed by atoms with Gasteiger partial charge in [0.2, 0.25) is 10.0 Å². The fraction of sp³-hybridized carbons (Fsp3) is 0.545. The van der Waals surface area contributed by atoms with Gasteiger partial charge in [-0.3, -0.25) is 0 Å². The number of aromatic amines is 1. The van der Waals surface area contributed by atoms with Crippen LogP contribution in [0.15, 0.2) is 4.90 Å². The summed E-state index contributed by atoms with van der Waals surface area (Å²) >= 11 is 0. The second-order valence-corrected chi connectivity index (χ2v) is 5.97. The molecule has 1 unspecified atom stereocenters. The van der Waals surface area contributed by atoms with Crippen molar-refractivity contribution >= 4 is 16.0 Å². The van der Waals surface area contributed by atoms with Crippen LogP contribution in [-0.2, 0) is 10.0 Å². The minimum Gasteiger partial charge on any atom is -0.477 e. The summed E-state index contributed by atoms with van der Waals surface area (Å²) in [5.41, 5.74) is 0.480. The van der Waals surface area contributed by atoms with Crippen LogP contribution in [0.25, 0.3) is 0 Å². The zero-order valence-corrected chi connectivity index (χ0v) is 11.7. The number of carboxylic acids is 1. The van der Waals surface area contributed by atoms with Gasteiger partial charge in [-0.1, -0.05) is 6.92 Å². The van der Waals surface area contributed by atoms with Crippen molar-refractivity contribution in [2.24, 2.45) is 0 Å². The van der Waals surface area contributed by atoms with Crippen LogP contribution in [0.2, 0.25) is 0 Å². The number of sulfonamides is 1. The summed E-state index contributed by atoms with van der Waals surface area (Å²) < 4.78 is 26.8. The number of nitrogens with one attached hydrogen (secondary N) is 2. The van der Waals surface area contributed by atoms with Crippen molar-refractivity contribution in [1.29, 1.82) is 0 Å². The first-order valence-corrected chi connectivity index (χ1v) is 7.13. The molecule has 102 valence electrons. The van der Waals surface area contributed by atoms with Crippen molar-refractivity contribution in [3.63, 3.8) is 0 Å². The molecule has 6 nitrogen and oxygen atoms in total. The number of carbonyl (C=O) groups is 1. The molecule has 0 bridgehead atoms. The van der Waals surface area contributed by atoms with Gasteiger partial charge in [0, 0.05) is 17.3 Å². The van der Waals surface area contributed by atoms with E-state index in [2.05, 4.69) is 9.71 Å². The van der Waals surface area contributed by atoms with Crippen LogP contribution >= 0.6 is 0 Å². The molecule has 1 aromatic heterocycles. The Hall–Kier alpha value is -1.34. The number of aryl methyl sites for hydroxylation is 1. The van der Waals surface area contributed by atoms with Crippen molar-refractivity contribution in [3.8, 4) is 0 Å². The normalized spacial score (nSPS) is 13.6. The van der Waals surface area contributed by atoms with Gasteiger partial charge >= 0.3 is 5.97 Å². The third-order valence-corrected chi connectivity index (χ3v) is 4.68. The molecule has 0 saturated carbocycles. The van der Waals surface area contributed by atoms with Gasteiger partial charge in [-0.05, 0) is 27.2 Å². The van der Waals surface area contributed by atoms with Gasteiger partial charge in [-0.15, -0.1) is 0 Å². The maximum absolute atomic E-state index is 12.2. The average Bonchev–Trinajstić information content (AvgIpc) is 2.53. The molecule has 18 heavy (non-hydrogen) atoms. The van der Waals surface area contributed by atoms with Crippen LogP contribution in [0, 0.1) is 13.8 Å². The Labute approximate surface area is 106 Å². The minimum atomic E-state index is -3.69. The highest BCUT2D eigenvalue weighted by atomic mass is 32.2. The Morgan fingerprint density at radius 3 is 2.39 bits per heavy atom. The van der Waals surface area contributed by atoms with Crippen LogP contribution in [0.3, 0.4) is 0 Å². The Balaban J connectivity index is 3.29. The molecular weight excluding hydrogens is 256 g/mol. The summed E-state index contributed by atoms with van der Waals surface area (Å²) in [7, 11) is -3.69. The van der Waals surface area contributed by atoms with Crippen LogP contribution in [-0.4, -0.2) is 30.5 Å². The van der Waals surface area contributed by atoms with Crippen LogP contribution in [0.4, 0.5) is 0 Å². The molecule has 0 aromatic carbocycles. The molecule has 0 fully saturated rings. The van der Waals surface area contributed by atoms with Gasteiger partial charge in [0.15, 0.2) is 0 Å². The predicted molar refractivity (Wildman–Crippen MR) is 67.3 cm³/mol. The van der Waals surface area contributed by atoms with E-state index in [1.807, 2.05) is 6.92 Å². The maximum Gasteiger partial charge on any atom is 0.352 e. The summed E-state index contributed by atoms with van der Waals surface area (Å²) in [6.45, 7) is 6.66. The molecule has 0 amide bonds. The zero-order valence-electron chi connectivity index (χ0n) is 10.9. The summed E-state index contributed by atoms with van der Waals surface area (Å²) in [6.07, 6.45) is 0.660. The van der Waals surface area contributed by atoms with Crippen molar-refractivity contribution in [2.45, 2.75) is 45.1 Å². The lowest BCUT2D eigenvalue weighted by atomic mass is 10.2. The summed E-state index contributed by atoms with van der Waals surface area (Å²) in [4.78, 5) is 13.6. The van der Waals surface area contributed by atoms with E-state index >= 15 is 0 Å². The first-order valence-electron chi connectivity index (χ1n) is 5.65. The molecule has 0 aliphatic rings. The molecule has 7 heteroatoms. The third kappa shape index (κ3) is 2.73. The first kappa shape index (κ1) is 14.7. The standard InChI is InChI=1S/C11H18N2O4S/c1-5-6(2)13-18(16,17)10-7(3)9(11(14)15)12-8(10)4/h6,12-13H,5H2,1-4H3,(H,14,15). The second-order valence-electron chi connectivity index (χ2n) is 4.31. The van der Waals surface area contributed by atoms with Crippen LogP contribution < -0.4 is 4.72 Å². The number of aromatic carboxylic acids is 1. The summed E-state index contributed by atoms with van der Waals surface area (Å²) in [5, 5.41) is 8.95. The Morgan fingerprint density at radius 1 is 1.44 bits per heavy atom. The van der Waals surface area contributed by atoms with Gasteiger partial charge in [-0.25, -0.2) is 17.9 Å². The van der Waals surface area contributed by atoms with E-state index in [1.54, 1.807) is 13.8 Å². The number of H-pyrrole nitrogens is 1. The molecular formula is C11H18N2O4S. The van der Waals surface area contributed by atoms with E-state index in [1.165, 1.54) is 6.92 Å². The Bertz CT molecular complexity index is 560. The largest absolute Gasteiger partial charge is 0.477 e. The molecule has 0 aliphatic carbocycles. The Kier molecular flexibility index (Phi) is 4.18. The fourth-order valence-corrected chi connectivity index (χ4v) is 3.53. The van der Waals surface area contributed by atoms with Crippen molar-refractivity contribution in [1.82, 2.24) is 9.71 Å². The molecule has 0 saturated heterocycles. The number of rotatable bonds is 5. The number of aromatic nitrogens is 1. The fourth-order valence-electron chi connectivity index (χ4n) is 1.76. The highest BCUT2D eigenvalue weighted by molar-refractivity contribution is 7.89. The Morgan fingerprint density at radius 2 is 2.00 bits per heavy atom. The topological polar surface area (TPSA) is 99.3 Å². The SMILES string of the molecule is CCC(C)NS(=O)(=O)c1c(C)[nH]c(C(=O)O)c1C. The number of carboxylic acid groups (broad SMARTS) is 1. The van der Waals surface area contributed by atoms with E-state index in [4.69, 9.17) is 5.11 Å². The average molecular weight is 274 g/mol. The maximum atomic E-state index is 12.2. The molecule has 1 atom stereocenters. The molecule has 0 aliphatic heterocycles. The van der Waals surface area contributed by atoms with Gasteiger partial charge in [-0.2, -0.15) is 0 Å². The lowest BCUT2D eigenvalue weighted by molar-refractivity contribution is 0.0690. The molecule has 0 spiro atoms. The van der Waals surface area contributed by atoms with Gasteiger partial charge in [0.05, 0.1) is 0 Å². The van der Waals surface area contributed by atoms with Gasteiger partial charge in [0.25, 0.3) is 0 Å². The predicted octanol–water partition coefficient (Wildman–Crippen LogP) is 1.41. The van der Waals surface area contributed by atoms with Gasteiger partial charge < -0.3 is 10.1 Å². The summed E-state index contributed by atoms with van der Waals surface area (Å²) in [6, 6.07) is -0.197. The highest BCUT2D eigenvalue weighted by Crippen LogP contribution is 2.23. The smallest absolute Gasteiger partial charge is 0.352 e. The van der Waals surface area contributed by atoms with Crippen LogP contribution in [0.5, 0.6) is 0 Å². The minimum absolute atomic E-state index is 0.0280. The lowest BCUT2D eigenvalue weighted by Crippen LogP contribution is -2.32. The van der Waals surface area contributed by atoms with E-state index in [-0.39, 0.29) is 22.2 Å². The molecule has 1 aromatic rings. The third-order valence-electron chi connectivity index (χ3n) is 2.82. The quantitative estimate of drug-likeness (QED) is 0.755. The second kappa shape index (κ2) is 5.11. The highest BCUT2D eigenvalue weighted by Gasteiger charge is 2.27. The molecule has 0 radical (unpaired) electrons. The van der Waals surface area contributed by atoms with E-state index < -0.39 is 16.0 Å². The first-order chi connectivity index (χ1) is 8.20. The molecule has 1 heterocycles. The summed E-state index contributed by atoms with van der Waals surface area (Å²) in [5.74, 6) is -1.17. The number of hydrogen-bond acceptors (Lipinski definition) is 3. The lowest BCUT2D eigenvalue weighted by Gasteiger charge is -2.12. The molecule has 1 rings (SSSR count). The van der Waals surface area contributed by atoms with Crippen molar-refractivity contribution < 1.29 is 18.3 Å². The van der Waals surface area contributed by atoms with E-state index in [0.29, 0.717) is 12.1 Å². The number of hydrogen-bond donors (Lipinski definition) is 3. The zero-order chi connectivity index (χ0) is 14.1. The van der Waals surface area contributed by atoms with Gasteiger partial charge in [0.1, 0.15) is 10.6 Å². The van der Waals surface area contributed by atoms with Crippen molar-refractivity contribution in [2.75, 3.05) is 0 Å². The molecule has 3 N–H and O–H groups in total. The monoisotopic (exact) mass is 274 g/mol. The van der Waals surface area contributed by atoms with Crippen LogP contribution in [0.1, 0.15) is 42.0 Å². The van der Waals surface area contributed by atoms with E-state index in [9.17, 15) is 13.2 Å². The van der Waals surface area contributed by atoms with E-state index in [0.717, 1.165) is 0 Å².